The molecule has 1 aliphatic rings. The van der Waals surface area contributed by atoms with Crippen LogP contribution in [0.5, 0.6) is 5.75 Å². The molecule has 7 heteroatoms. The summed E-state index contributed by atoms with van der Waals surface area (Å²) in [5.41, 5.74) is 2.98. The van der Waals surface area contributed by atoms with Crippen molar-refractivity contribution in [3.05, 3.63) is 65.9 Å². The van der Waals surface area contributed by atoms with Gasteiger partial charge in [-0.15, -0.1) is 0 Å². The van der Waals surface area contributed by atoms with E-state index < -0.39 is 5.91 Å². The summed E-state index contributed by atoms with van der Waals surface area (Å²) in [5.74, 6) is 0.392. The van der Waals surface area contributed by atoms with Crippen LogP contribution in [0.15, 0.2) is 60.3 Å². The van der Waals surface area contributed by atoms with Gasteiger partial charge in [0.1, 0.15) is 17.4 Å². The summed E-state index contributed by atoms with van der Waals surface area (Å²) in [5, 5.41) is 15.3. The average Bonchev–Trinajstić information content (AvgIpc) is 2.81. The van der Waals surface area contributed by atoms with Gasteiger partial charge in [0.15, 0.2) is 0 Å². The summed E-state index contributed by atoms with van der Waals surface area (Å²) in [6, 6.07) is 17.5. The molecule has 2 aromatic rings. The summed E-state index contributed by atoms with van der Waals surface area (Å²) >= 11 is 0. The molecule has 0 saturated carbocycles. The molecule has 0 unspecified atom stereocenters. The number of rotatable bonds is 8. The molecule has 1 heterocycles. The van der Waals surface area contributed by atoms with Crippen molar-refractivity contribution in [1.29, 1.82) is 5.26 Å². The van der Waals surface area contributed by atoms with Gasteiger partial charge in [-0.05, 0) is 36.2 Å². The summed E-state index contributed by atoms with van der Waals surface area (Å²) in [4.78, 5) is 14.6. The number of methoxy groups -OCH3 is 1. The summed E-state index contributed by atoms with van der Waals surface area (Å²) < 4.78 is 10.6. The Morgan fingerprint density at radius 2 is 1.93 bits per heavy atom. The molecule has 1 aliphatic heterocycles. The van der Waals surface area contributed by atoms with Crippen molar-refractivity contribution < 1.29 is 14.3 Å². The van der Waals surface area contributed by atoms with Gasteiger partial charge in [-0.3, -0.25) is 4.79 Å². The third kappa shape index (κ3) is 5.75. The number of hydrogen-bond donors (Lipinski definition) is 2. The van der Waals surface area contributed by atoms with Gasteiger partial charge in [-0.1, -0.05) is 24.3 Å². The van der Waals surface area contributed by atoms with Crippen LogP contribution in [0.3, 0.4) is 0 Å². The minimum atomic E-state index is -0.401. The van der Waals surface area contributed by atoms with E-state index in [4.69, 9.17) is 9.47 Å². The maximum atomic E-state index is 12.4. The van der Waals surface area contributed by atoms with Gasteiger partial charge in [-0.2, -0.15) is 5.26 Å². The molecular formula is C23H26N4O3. The third-order valence-electron chi connectivity index (χ3n) is 4.85. The quantitative estimate of drug-likeness (QED) is 0.518. The third-order valence-corrected chi connectivity index (χ3v) is 4.85. The van der Waals surface area contributed by atoms with Crippen molar-refractivity contribution in [3.63, 3.8) is 0 Å². The van der Waals surface area contributed by atoms with Crippen LogP contribution in [-0.4, -0.2) is 45.9 Å². The highest BCUT2D eigenvalue weighted by Gasteiger charge is 2.14. The maximum absolute atomic E-state index is 12.4. The van der Waals surface area contributed by atoms with Crippen molar-refractivity contribution >= 4 is 17.3 Å². The Balaban J connectivity index is 1.57. The van der Waals surface area contributed by atoms with Crippen LogP contribution in [0.2, 0.25) is 0 Å². The zero-order valence-corrected chi connectivity index (χ0v) is 17.1. The number of amides is 1. The highest BCUT2D eigenvalue weighted by molar-refractivity contribution is 5.97. The fourth-order valence-electron chi connectivity index (χ4n) is 3.18. The second-order valence-corrected chi connectivity index (χ2v) is 6.78. The highest BCUT2D eigenvalue weighted by Crippen LogP contribution is 2.26. The molecule has 0 aromatic heterocycles. The molecule has 156 valence electrons. The van der Waals surface area contributed by atoms with Crippen LogP contribution in [-0.2, 0) is 16.0 Å². The zero-order chi connectivity index (χ0) is 21.2. The van der Waals surface area contributed by atoms with E-state index in [1.54, 1.807) is 7.11 Å². The first-order valence-corrected chi connectivity index (χ1v) is 9.91. The van der Waals surface area contributed by atoms with Crippen molar-refractivity contribution in [1.82, 2.24) is 5.32 Å². The molecule has 1 saturated heterocycles. The largest absolute Gasteiger partial charge is 0.497 e. The van der Waals surface area contributed by atoms with Gasteiger partial charge >= 0.3 is 0 Å². The molecule has 2 N–H and O–H groups in total. The fourth-order valence-corrected chi connectivity index (χ4v) is 3.18. The number of nitriles is 1. The minimum Gasteiger partial charge on any atom is -0.497 e. The number of nitrogens with one attached hydrogen (secondary N) is 2. The zero-order valence-electron chi connectivity index (χ0n) is 17.1. The predicted octanol–water partition coefficient (Wildman–Crippen LogP) is 2.71. The Kier molecular flexibility index (Phi) is 7.70. The second kappa shape index (κ2) is 10.9. The Morgan fingerprint density at radius 1 is 1.20 bits per heavy atom. The molecule has 3 rings (SSSR count). The number of para-hydroxylation sites is 2. The normalized spacial score (nSPS) is 14.0. The maximum Gasteiger partial charge on any atom is 0.263 e. The van der Waals surface area contributed by atoms with Crippen LogP contribution in [0.4, 0.5) is 11.4 Å². The van der Waals surface area contributed by atoms with Crippen molar-refractivity contribution in [2.45, 2.75) is 6.42 Å². The smallest absolute Gasteiger partial charge is 0.263 e. The van der Waals surface area contributed by atoms with E-state index in [0.717, 1.165) is 35.8 Å². The Hall–Kier alpha value is -3.50. The Bertz CT molecular complexity index is 913. The van der Waals surface area contributed by atoms with Crippen LogP contribution >= 0.6 is 0 Å². The number of carbonyl (C=O) groups is 1. The summed E-state index contributed by atoms with van der Waals surface area (Å²) in [7, 11) is 1.62. The van der Waals surface area contributed by atoms with E-state index in [0.29, 0.717) is 26.2 Å². The first kappa shape index (κ1) is 21.2. The summed E-state index contributed by atoms with van der Waals surface area (Å²) in [6.45, 7) is 3.42. The number of benzene rings is 2. The van der Waals surface area contributed by atoms with Crippen LogP contribution < -0.4 is 20.3 Å². The van der Waals surface area contributed by atoms with Crippen LogP contribution in [0.25, 0.3) is 0 Å². The minimum absolute atomic E-state index is 0.0292. The van der Waals surface area contributed by atoms with E-state index in [-0.39, 0.29) is 5.57 Å². The lowest BCUT2D eigenvalue weighted by atomic mass is 10.1. The lowest BCUT2D eigenvalue weighted by Crippen LogP contribution is -2.36. The molecule has 0 radical (unpaired) electrons. The van der Waals surface area contributed by atoms with Gasteiger partial charge in [0.05, 0.1) is 31.7 Å². The SMILES string of the molecule is COc1ccc(CCNC(=O)/C(C#N)=C\Nc2ccccc2N2CCOCC2)cc1. The Labute approximate surface area is 176 Å². The molecule has 0 aliphatic carbocycles. The highest BCUT2D eigenvalue weighted by atomic mass is 16.5. The molecule has 7 nitrogen and oxygen atoms in total. The van der Waals surface area contributed by atoms with Gasteiger partial charge < -0.3 is 25.0 Å². The van der Waals surface area contributed by atoms with E-state index in [9.17, 15) is 10.1 Å². The molecule has 0 atom stereocenters. The van der Waals surface area contributed by atoms with Gasteiger partial charge in [-0.25, -0.2) is 0 Å². The molecule has 2 aromatic carbocycles. The van der Waals surface area contributed by atoms with Gasteiger partial charge in [0, 0.05) is 25.8 Å². The number of hydrogen-bond acceptors (Lipinski definition) is 6. The molecule has 30 heavy (non-hydrogen) atoms. The number of carbonyl (C=O) groups excluding carboxylic acids is 1. The van der Waals surface area contributed by atoms with E-state index in [1.165, 1.54) is 6.20 Å². The first-order valence-electron chi connectivity index (χ1n) is 9.91. The van der Waals surface area contributed by atoms with Crippen LogP contribution in [0.1, 0.15) is 5.56 Å². The predicted molar refractivity (Wildman–Crippen MR) is 117 cm³/mol. The van der Waals surface area contributed by atoms with E-state index in [1.807, 2.05) is 54.6 Å². The van der Waals surface area contributed by atoms with Gasteiger partial charge in [0.25, 0.3) is 5.91 Å². The molecular weight excluding hydrogens is 380 g/mol. The van der Waals surface area contributed by atoms with Crippen LogP contribution in [0, 0.1) is 11.3 Å². The number of morpholine rings is 1. The molecule has 0 spiro atoms. The summed E-state index contributed by atoms with van der Waals surface area (Å²) in [6.07, 6.45) is 2.13. The lowest BCUT2D eigenvalue weighted by Gasteiger charge is -2.30. The second-order valence-electron chi connectivity index (χ2n) is 6.78. The standard InChI is InChI=1S/C23H26N4O3/c1-29-20-8-6-18(7-9-20)10-11-25-23(28)19(16-24)17-26-21-4-2-3-5-22(21)27-12-14-30-15-13-27/h2-9,17,26H,10-15H2,1H3,(H,25,28)/b19-17-. The Morgan fingerprint density at radius 3 is 2.63 bits per heavy atom. The van der Waals surface area contributed by atoms with Gasteiger partial charge in [0.2, 0.25) is 0 Å². The number of ether oxygens (including phenoxy) is 2. The van der Waals surface area contributed by atoms with Crippen molar-refractivity contribution in [2.75, 3.05) is 50.2 Å². The molecule has 1 amide bonds. The number of nitrogens with zero attached hydrogens (tertiary/aromatic N) is 2. The lowest BCUT2D eigenvalue weighted by molar-refractivity contribution is -0.117. The monoisotopic (exact) mass is 406 g/mol. The topological polar surface area (TPSA) is 86.6 Å². The van der Waals surface area contributed by atoms with E-state index in [2.05, 4.69) is 15.5 Å². The average molecular weight is 406 g/mol. The molecule has 1 fully saturated rings. The van der Waals surface area contributed by atoms with Crippen molar-refractivity contribution in [3.8, 4) is 11.8 Å². The molecule has 0 bridgehead atoms. The van der Waals surface area contributed by atoms with Crippen molar-refractivity contribution in [2.24, 2.45) is 0 Å². The fraction of sp³-hybridized carbons (Fsp3) is 0.304. The number of anilines is 2. The first-order chi connectivity index (χ1) is 14.7. The van der Waals surface area contributed by atoms with E-state index >= 15 is 0 Å².